The molecular formula is C28H28N2O6. The number of ketones is 1. The molecule has 8 nitrogen and oxygen atoms in total. The lowest BCUT2D eigenvalue weighted by Gasteiger charge is -2.15. The van der Waals surface area contributed by atoms with Crippen molar-refractivity contribution < 1.29 is 28.9 Å². The van der Waals surface area contributed by atoms with Gasteiger partial charge >= 0.3 is 5.97 Å². The summed E-state index contributed by atoms with van der Waals surface area (Å²) in [4.78, 5) is 29.6. The lowest BCUT2D eigenvalue weighted by atomic mass is 10.0. The van der Waals surface area contributed by atoms with E-state index < -0.39 is 12.1 Å². The number of pyridine rings is 1. The van der Waals surface area contributed by atoms with Gasteiger partial charge in [-0.15, -0.1) is 0 Å². The van der Waals surface area contributed by atoms with Crippen LogP contribution in [0.25, 0.3) is 11.0 Å². The first-order chi connectivity index (χ1) is 17.4. The molecule has 0 fully saturated rings. The second-order valence-electron chi connectivity index (χ2n) is 8.33. The number of carbonyl (C=O) groups excluding carboxylic acids is 1. The van der Waals surface area contributed by atoms with Gasteiger partial charge in [0.05, 0.1) is 19.8 Å². The van der Waals surface area contributed by atoms with Crippen LogP contribution in [0, 0.1) is 6.92 Å². The number of nitrogens with zero attached hydrogens (tertiary/aromatic N) is 2. The highest BCUT2D eigenvalue weighted by Crippen LogP contribution is 2.30. The van der Waals surface area contributed by atoms with E-state index in [0.29, 0.717) is 47.1 Å². The lowest BCUT2D eigenvalue weighted by molar-refractivity contribution is -0.145. The molecule has 2 aromatic heterocycles. The van der Waals surface area contributed by atoms with E-state index >= 15 is 0 Å². The number of aliphatic carboxylic acids is 1. The van der Waals surface area contributed by atoms with Crippen LogP contribution >= 0.6 is 0 Å². The van der Waals surface area contributed by atoms with Gasteiger partial charge < -0.3 is 23.9 Å². The number of fused-ring (bicyclic) bond motifs is 1. The minimum Gasteiger partial charge on any atom is -0.497 e. The standard InChI is InChI=1S/C28H28N2O6/c1-5-23(28(32)33)36-21-8-6-7-18(15-21)16-30-17(2)25(22-13-14-24(35-4)29-27(22)30)26(31)19-9-11-20(34-3)12-10-19/h6-15,23H,5,16H2,1-4H3,(H,32,33)/t23-/m1/s1. The second kappa shape index (κ2) is 10.5. The average molecular weight is 489 g/mol. The van der Waals surface area contributed by atoms with Crippen LogP contribution in [0.15, 0.2) is 60.7 Å². The number of methoxy groups -OCH3 is 2. The van der Waals surface area contributed by atoms with Gasteiger partial charge in [-0.3, -0.25) is 4.79 Å². The Kier molecular flexibility index (Phi) is 7.24. The minimum atomic E-state index is -1.01. The van der Waals surface area contributed by atoms with Crippen molar-refractivity contribution in [3.8, 4) is 17.4 Å². The number of hydrogen-bond donors (Lipinski definition) is 1. The van der Waals surface area contributed by atoms with Gasteiger partial charge in [0.1, 0.15) is 17.1 Å². The number of carboxylic acid groups (broad SMARTS) is 1. The van der Waals surface area contributed by atoms with Gasteiger partial charge in [-0.1, -0.05) is 19.1 Å². The molecule has 1 N–H and O–H groups in total. The van der Waals surface area contributed by atoms with E-state index in [2.05, 4.69) is 4.98 Å². The molecule has 0 saturated carbocycles. The Balaban J connectivity index is 1.76. The Bertz CT molecular complexity index is 1410. The fourth-order valence-electron chi connectivity index (χ4n) is 4.17. The molecule has 2 heterocycles. The number of aromatic nitrogens is 2. The number of ether oxygens (including phenoxy) is 3. The van der Waals surface area contributed by atoms with E-state index in [9.17, 15) is 14.7 Å². The lowest BCUT2D eigenvalue weighted by Crippen LogP contribution is -2.25. The molecule has 4 rings (SSSR count). The van der Waals surface area contributed by atoms with Crippen molar-refractivity contribution in [3.63, 3.8) is 0 Å². The molecule has 2 aromatic carbocycles. The molecule has 0 unspecified atom stereocenters. The van der Waals surface area contributed by atoms with Gasteiger partial charge in [-0.25, -0.2) is 4.79 Å². The van der Waals surface area contributed by atoms with Gasteiger partial charge in [-0.2, -0.15) is 4.98 Å². The van der Waals surface area contributed by atoms with Crippen molar-refractivity contribution in [2.24, 2.45) is 0 Å². The van der Waals surface area contributed by atoms with Crippen LogP contribution < -0.4 is 14.2 Å². The molecule has 0 aliphatic rings. The van der Waals surface area contributed by atoms with Gasteiger partial charge in [0, 0.05) is 29.3 Å². The Labute approximate surface area is 209 Å². The van der Waals surface area contributed by atoms with Crippen LogP contribution in [0.4, 0.5) is 0 Å². The summed E-state index contributed by atoms with van der Waals surface area (Å²) in [7, 11) is 3.13. The molecule has 0 saturated heterocycles. The highest BCUT2D eigenvalue weighted by atomic mass is 16.5. The Hall–Kier alpha value is -4.33. The van der Waals surface area contributed by atoms with Crippen molar-refractivity contribution in [3.05, 3.63) is 83.0 Å². The normalized spacial score (nSPS) is 11.8. The van der Waals surface area contributed by atoms with Crippen molar-refractivity contribution in [1.29, 1.82) is 0 Å². The van der Waals surface area contributed by atoms with E-state index in [1.807, 2.05) is 35.8 Å². The molecule has 0 amide bonds. The van der Waals surface area contributed by atoms with Gasteiger partial charge in [0.2, 0.25) is 5.88 Å². The third kappa shape index (κ3) is 4.88. The Morgan fingerprint density at radius 2 is 1.75 bits per heavy atom. The molecule has 0 spiro atoms. The monoisotopic (exact) mass is 488 g/mol. The predicted molar refractivity (Wildman–Crippen MR) is 135 cm³/mol. The maximum absolute atomic E-state index is 13.6. The van der Waals surface area contributed by atoms with E-state index in [1.54, 1.807) is 57.5 Å². The van der Waals surface area contributed by atoms with E-state index in [-0.39, 0.29) is 5.78 Å². The van der Waals surface area contributed by atoms with E-state index in [0.717, 1.165) is 16.6 Å². The van der Waals surface area contributed by atoms with Crippen molar-refractivity contribution in [2.75, 3.05) is 14.2 Å². The topological polar surface area (TPSA) is 99.9 Å². The van der Waals surface area contributed by atoms with Crippen molar-refractivity contribution in [2.45, 2.75) is 32.9 Å². The second-order valence-corrected chi connectivity index (χ2v) is 8.33. The van der Waals surface area contributed by atoms with Gasteiger partial charge in [-0.05, 0) is 61.4 Å². The highest BCUT2D eigenvalue weighted by molar-refractivity contribution is 6.17. The predicted octanol–water partition coefficient (Wildman–Crippen LogP) is 4.88. The highest BCUT2D eigenvalue weighted by Gasteiger charge is 2.23. The van der Waals surface area contributed by atoms with Crippen LogP contribution in [-0.4, -0.2) is 46.7 Å². The van der Waals surface area contributed by atoms with Gasteiger partial charge in [0.25, 0.3) is 0 Å². The summed E-state index contributed by atoms with van der Waals surface area (Å²) >= 11 is 0. The molecule has 4 aromatic rings. The molecule has 0 aliphatic heterocycles. The maximum atomic E-state index is 13.6. The fraction of sp³-hybridized carbons (Fsp3) is 0.250. The van der Waals surface area contributed by atoms with Crippen LogP contribution in [0.3, 0.4) is 0 Å². The summed E-state index contributed by atoms with van der Waals surface area (Å²) in [6.07, 6.45) is -0.574. The third-order valence-electron chi connectivity index (χ3n) is 6.09. The van der Waals surface area contributed by atoms with Crippen molar-refractivity contribution in [1.82, 2.24) is 9.55 Å². The molecule has 36 heavy (non-hydrogen) atoms. The largest absolute Gasteiger partial charge is 0.497 e. The first kappa shape index (κ1) is 24.8. The summed E-state index contributed by atoms with van der Waals surface area (Å²) in [6, 6.07) is 17.9. The summed E-state index contributed by atoms with van der Waals surface area (Å²) in [5.41, 5.74) is 3.36. The summed E-state index contributed by atoms with van der Waals surface area (Å²) in [5, 5.41) is 10.1. The molecule has 8 heteroatoms. The number of carbonyl (C=O) groups is 2. The smallest absolute Gasteiger partial charge is 0.344 e. The molecule has 1 atom stereocenters. The molecule has 0 radical (unpaired) electrons. The SMILES string of the molecule is CC[C@@H](Oc1cccc(Cn2c(C)c(C(=O)c3ccc(OC)cc3)c3ccc(OC)nc32)c1)C(=O)O. The molecular weight excluding hydrogens is 460 g/mol. The molecule has 0 bridgehead atoms. The molecule has 186 valence electrons. The summed E-state index contributed by atoms with van der Waals surface area (Å²) < 4.78 is 18.2. The number of hydrogen-bond acceptors (Lipinski definition) is 6. The first-order valence-corrected chi connectivity index (χ1v) is 11.6. The van der Waals surface area contributed by atoms with Crippen LogP contribution in [-0.2, 0) is 11.3 Å². The summed E-state index contributed by atoms with van der Waals surface area (Å²) in [5.74, 6) is 0.459. The Morgan fingerprint density at radius 1 is 1.00 bits per heavy atom. The van der Waals surface area contributed by atoms with Crippen molar-refractivity contribution >= 4 is 22.8 Å². The van der Waals surface area contributed by atoms with Crippen LogP contribution in [0.2, 0.25) is 0 Å². The third-order valence-corrected chi connectivity index (χ3v) is 6.09. The van der Waals surface area contributed by atoms with Crippen LogP contribution in [0.1, 0.15) is 40.5 Å². The zero-order valence-corrected chi connectivity index (χ0v) is 20.6. The molecule has 0 aliphatic carbocycles. The maximum Gasteiger partial charge on any atom is 0.344 e. The Morgan fingerprint density at radius 3 is 2.39 bits per heavy atom. The first-order valence-electron chi connectivity index (χ1n) is 11.6. The van der Waals surface area contributed by atoms with E-state index in [1.165, 1.54) is 0 Å². The number of carboxylic acids is 1. The summed E-state index contributed by atoms with van der Waals surface area (Å²) in [6.45, 7) is 4.06. The van der Waals surface area contributed by atoms with Gasteiger partial charge in [0.15, 0.2) is 11.9 Å². The quantitative estimate of drug-likeness (QED) is 0.318. The number of rotatable bonds is 10. The number of benzene rings is 2. The average Bonchev–Trinajstić information content (AvgIpc) is 3.17. The van der Waals surface area contributed by atoms with Crippen LogP contribution in [0.5, 0.6) is 17.4 Å². The minimum absolute atomic E-state index is 0.116. The zero-order chi connectivity index (χ0) is 25.8. The zero-order valence-electron chi connectivity index (χ0n) is 20.6. The fourth-order valence-corrected chi connectivity index (χ4v) is 4.17. The van der Waals surface area contributed by atoms with E-state index in [4.69, 9.17) is 14.2 Å².